The minimum absolute atomic E-state index is 0.0636. The summed E-state index contributed by atoms with van der Waals surface area (Å²) in [5.41, 5.74) is 10.6. The summed E-state index contributed by atoms with van der Waals surface area (Å²) in [4.78, 5) is 25.6. The average molecular weight is 663 g/mol. The number of nitrogens with one attached hydrogen (secondary N) is 2. The van der Waals surface area contributed by atoms with Gasteiger partial charge >= 0.3 is 0 Å². The van der Waals surface area contributed by atoms with Crippen LogP contribution in [0, 0.1) is 0 Å². The molecule has 2 unspecified atom stereocenters. The van der Waals surface area contributed by atoms with Crippen molar-refractivity contribution in [2.45, 2.75) is 89.9 Å². The number of rotatable bonds is 11. The van der Waals surface area contributed by atoms with Crippen LogP contribution in [0.15, 0.2) is 65.8 Å². The molecule has 1 amide bonds. The van der Waals surface area contributed by atoms with E-state index in [-0.39, 0.29) is 5.91 Å². The molecule has 2 atom stereocenters. The van der Waals surface area contributed by atoms with Crippen LogP contribution in [0.2, 0.25) is 0 Å². The third kappa shape index (κ3) is 7.57. The Morgan fingerprint density at radius 2 is 1.90 bits per heavy atom. The molecule has 2 aromatic rings. The Bertz CT molecular complexity index is 1630. The van der Waals surface area contributed by atoms with Gasteiger partial charge in [-0.1, -0.05) is 55.9 Å². The van der Waals surface area contributed by atoms with E-state index in [2.05, 4.69) is 87.8 Å². The highest BCUT2D eigenvalue weighted by atomic mass is 16.3. The van der Waals surface area contributed by atoms with Gasteiger partial charge in [-0.25, -0.2) is 0 Å². The Morgan fingerprint density at radius 1 is 1.06 bits per heavy atom. The number of aliphatic hydroxyl groups excluding tert-OH is 1. The first kappa shape index (κ1) is 33.8. The second-order valence-electron chi connectivity index (χ2n) is 14.3. The fourth-order valence-corrected chi connectivity index (χ4v) is 8.43. The van der Waals surface area contributed by atoms with Gasteiger partial charge in [0.1, 0.15) is 0 Å². The molecule has 0 bridgehead atoms. The second-order valence-corrected chi connectivity index (χ2v) is 14.3. The Labute approximate surface area is 292 Å². The van der Waals surface area contributed by atoms with Crippen molar-refractivity contribution in [1.29, 1.82) is 0 Å². The number of anilines is 2. The molecular weight excluding hydrogens is 608 g/mol. The summed E-state index contributed by atoms with van der Waals surface area (Å²) >= 11 is 0. The number of hydrogen-bond donors (Lipinski definition) is 3. The molecule has 2 aliphatic heterocycles. The standard InChI is InChI=1S/C41H54N6O2/c1-3-45(4-2)25-22-42-40(48)32-18-19-36-33(26-32)27-35(39(43-36)31-10-6-5-7-11-31)30-16-14-29(15-17-30)28-46-23-20-34(21-24-46)47-38-13-9-8-12-37(38)44-41(47)49/h6,8-14,26-27,30,34,41,44,49H,3-5,7,15-25,28H2,1-2H3,(H,42,48). The van der Waals surface area contributed by atoms with Crippen LogP contribution in [0.5, 0.6) is 0 Å². The lowest BCUT2D eigenvalue weighted by atomic mass is 9.80. The molecule has 0 spiro atoms. The fraction of sp³-hybridized carbons (Fsp3) is 0.512. The maximum atomic E-state index is 13.2. The van der Waals surface area contributed by atoms with Gasteiger partial charge in [0, 0.05) is 50.0 Å². The zero-order valence-electron chi connectivity index (χ0n) is 29.5. The highest BCUT2D eigenvalue weighted by molar-refractivity contribution is 5.98. The number of carbonyl (C=O) groups is 1. The number of hydrogen-bond acceptors (Lipinski definition) is 7. The molecular formula is C41H54N6O2. The lowest BCUT2D eigenvalue weighted by Crippen LogP contribution is -2.49. The number of allylic oxidation sites excluding steroid dienone is 5. The van der Waals surface area contributed by atoms with Gasteiger partial charge < -0.3 is 25.5 Å². The number of likely N-dealkylation sites (N-methyl/N-ethyl adjacent to an activating group) is 1. The van der Waals surface area contributed by atoms with Gasteiger partial charge in [-0.2, -0.15) is 0 Å². The number of piperidine rings is 1. The lowest BCUT2D eigenvalue weighted by molar-refractivity contribution is -0.117. The Morgan fingerprint density at radius 3 is 2.65 bits per heavy atom. The number of aliphatic hydroxyl groups is 1. The van der Waals surface area contributed by atoms with Crippen molar-refractivity contribution in [3.05, 3.63) is 88.3 Å². The quantitative estimate of drug-likeness (QED) is 0.238. The Hall–Kier alpha value is -3.72. The molecule has 8 nitrogen and oxygen atoms in total. The smallest absolute Gasteiger partial charge is 0.247 e. The summed E-state index contributed by atoms with van der Waals surface area (Å²) < 4.78 is 0. The van der Waals surface area contributed by atoms with Crippen LogP contribution in [0.3, 0.4) is 0 Å². The van der Waals surface area contributed by atoms with Crippen molar-refractivity contribution < 1.29 is 9.90 Å². The number of fused-ring (bicyclic) bond motifs is 2. The number of aromatic nitrogens is 1. The summed E-state index contributed by atoms with van der Waals surface area (Å²) in [5.74, 6) is 0.484. The molecule has 5 aliphatic rings. The summed E-state index contributed by atoms with van der Waals surface area (Å²) in [6, 6.07) is 10.9. The van der Waals surface area contributed by atoms with Gasteiger partial charge in [0.25, 0.3) is 0 Å². The first-order chi connectivity index (χ1) is 24.0. The highest BCUT2D eigenvalue weighted by Crippen LogP contribution is 2.40. The molecule has 1 aromatic heterocycles. The zero-order chi connectivity index (χ0) is 33.7. The molecule has 8 heteroatoms. The number of pyridine rings is 1. The van der Waals surface area contributed by atoms with Crippen molar-refractivity contribution in [3.8, 4) is 0 Å². The molecule has 7 rings (SSSR count). The minimum Gasteiger partial charge on any atom is -0.356 e. The van der Waals surface area contributed by atoms with Crippen LogP contribution in [0.25, 0.3) is 11.6 Å². The van der Waals surface area contributed by atoms with Crippen molar-refractivity contribution in [1.82, 2.24) is 20.1 Å². The monoisotopic (exact) mass is 662 g/mol. The summed E-state index contributed by atoms with van der Waals surface area (Å²) in [7, 11) is 0. The maximum absolute atomic E-state index is 13.2. The number of benzene rings is 1. The molecule has 3 heterocycles. The predicted octanol–water partition coefficient (Wildman–Crippen LogP) is 6.47. The number of amides is 1. The minimum atomic E-state index is -0.642. The van der Waals surface area contributed by atoms with Crippen LogP contribution in [-0.2, 0) is 11.2 Å². The van der Waals surface area contributed by atoms with E-state index < -0.39 is 6.35 Å². The number of aryl methyl sites for hydroxylation is 1. The zero-order valence-corrected chi connectivity index (χ0v) is 29.5. The number of likely N-dealkylation sites (tertiary alicyclic amines) is 1. The molecule has 0 saturated carbocycles. The molecule has 49 heavy (non-hydrogen) atoms. The van der Waals surface area contributed by atoms with E-state index in [0.29, 0.717) is 18.5 Å². The summed E-state index contributed by atoms with van der Waals surface area (Å²) in [6.45, 7) is 11.0. The normalized spacial score (nSPS) is 22.6. The third-order valence-electron chi connectivity index (χ3n) is 11.3. The molecule has 1 saturated heterocycles. The molecule has 260 valence electrons. The van der Waals surface area contributed by atoms with Crippen molar-refractivity contribution in [2.75, 3.05) is 56.0 Å². The SMILES string of the molecule is CCN(CC)CCNC(=O)C1=Cc2cc(C3CC=C(CN4CCC(N5c6ccccc6NC5O)CC4)CC3)c(C3=CCCC=C3)nc2CC1. The summed E-state index contributed by atoms with van der Waals surface area (Å²) in [5, 5.41) is 17.1. The molecule has 0 radical (unpaired) electrons. The van der Waals surface area contributed by atoms with E-state index >= 15 is 0 Å². The van der Waals surface area contributed by atoms with Gasteiger partial charge in [0.15, 0.2) is 0 Å². The first-order valence-electron chi connectivity index (χ1n) is 18.8. The molecule has 1 fully saturated rings. The van der Waals surface area contributed by atoms with Crippen LogP contribution < -0.4 is 15.5 Å². The Kier molecular flexibility index (Phi) is 10.6. The third-order valence-corrected chi connectivity index (χ3v) is 11.3. The largest absolute Gasteiger partial charge is 0.356 e. The highest BCUT2D eigenvalue weighted by Gasteiger charge is 2.35. The van der Waals surface area contributed by atoms with E-state index in [1.54, 1.807) is 5.57 Å². The van der Waals surface area contributed by atoms with Gasteiger partial charge in [-0.15, -0.1) is 0 Å². The maximum Gasteiger partial charge on any atom is 0.247 e. The van der Waals surface area contributed by atoms with Crippen LogP contribution in [0.4, 0.5) is 11.4 Å². The summed E-state index contributed by atoms with van der Waals surface area (Å²) in [6.07, 6.45) is 19.9. The number of para-hydroxylation sites is 2. The van der Waals surface area contributed by atoms with E-state index in [4.69, 9.17) is 4.98 Å². The van der Waals surface area contributed by atoms with Crippen LogP contribution in [-0.4, -0.2) is 84.0 Å². The fourth-order valence-electron chi connectivity index (χ4n) is 8.43. The van der Waals surface area contributed by atoms with E-state index in [0.717, 1.165) is 131 Å². The van der Waals surface area contributed by atoms with Gasteiger partial charge in [0.2, 0.25) is 12.3 Å². The van der Waals surface area contributed by atoms with Gasteiger partial charge in [-0.05, 0) is 118 Å². The lowest BCUT2D eigenvalue weighted by Gasteiger charge is -2.39. The average Bonchev–Trinajstić information content (AvgIpc) is 3.49. The van der Waals surface area contributed by atoms with E-state index in [1.807, 2.05) is 12.1 Å². The van der Waals surface area contributed by atoms with E-state index in [9.17, 15) is 9.90 Å². The number of carbonyl (C=O) groups excluding carboxylic acids is 1. The first-order valence-corrected chi connectivity index (χ1v) is 18.8. The predicted molar refractivity (Wildman–Crippen MR) is 200 cm³/mol. The van der Waals surface area contributed by atoms with Crippen molar-refractivity contribution >= 4 is 28.9 Å². The van der Waals surface area contributed by atoms with Crippen LogP contribution in [0.1, 0.15) is 93.6 Å². The van der Waals surface area contributed by atoms with Crippen LogP contribution >= 0.6 is 0 Å². The molecule has 3 aliphatic carbocycles. The Balaban J connectivity index is 1.01. The van der Waals surface area contributed by atoms with Gasteiger partial charge in [0.05, 0.1) is 17.1 Å². The van der Waals surface area contributed by atoms with E-state index in [1.165, 1.54) is 11.1 Å². The second kappa shape index (κ2) is 15.4. The number of nitrogens with zero attached hydrogens (tertiary/aromatic N) is 4. The van der Waals surface area contributed by atoms with Crippen molar-refractivity contribution in [3.63, 3.8) is 0 Å². The van der Waals surface area contributed by atoms with Crippen molar-refractivity contribution in [2.24, 2.45) is 0 Å². The molecule has 1 aromatic carbocycles. The van der Waals surface area contributed by atoms with Gasteiger partial charge in [-0.3, -0.25) is 14.7 Å². The topological polar surface area (TPSA) is 84.0 Å². The molecule has 3 N–H and O–H groups in total.